The highest BCUT2D eigenvalue weighted by molar-refractivity contribution is 7.71. The fourth-order valence-corrected chi connectivity index (χ4v) is 2.55. The van der Waals surface area contributed by atoms with Gasteiger partial charge in [0.25, 0.3) is 0 Å². The summed E-state index contributed by atoms with van der Waals surface area (Å²) >= 11 is 5.27. The summed E-state index contributed by atoms with van der Waals surface area (Å²) in [7, 11) is 0. The van der Waals surface area contributed by atoms with Gasteiger partial charge in [0.2, 0.25) is 0 Å². The molecular formula is C16H21F2N3O3S. The lowest BCUT2D eigenvalue weighted by Crippen LogP contribution is -2.06. The lowest BCUT2D eigenvalue weighted by atomic mass is 10.2. The zero-order chi connectivity index (χ0) is 18.2. The van der Waals surface area contributed by atoms with Crippen molar-refractivity contribution in [2.75, 3.05) is 19.8 Å². The average molecular weight is 373 g/mol. The van der Waals surface area contributed by atoms with Crippen LogP contribution in [0.3, 0.4) is 0 Å². The fourth-order valence-electron chi connectivity index (χ4n) is 2.32. The van der Waals surface area contributed by atoms with E-state index in [0.717, 1.165) is 6.42 Å². The highest BCUT2D eigenvalue weighted by Gasteiger charge is 2.15. The summed E-state index contributed by atoms with van der Waals surface area (Å²) in [5.74, 6) is 0.818. The van der Waals surface area contributed by atoms with Gasteiger partial charge in [0, 0.05) is 25.3 Å². The third kappa shape index (κ3) is 5.23. The first-order valence-corrected chi connectivity index (χ1v) is 8.42. The van der Waals surface area contributed by atoms with Gasteiger partial charge >= 0.3 is 6.61 Å². The molecule has 0 fully saturated rings. The second kappa shape index (κ2) is 9.47. The van der Waals surface area contributed by atoms with Gasteiger partial charge in [-0.25, -0.2) is 0 Å². The Labute approximate surface area is 149 Å². The van der Waals surface area contributed by atoms with Crippen LogP contribution in [0.2, 0.25) is 0 Å². The molecule has 0 aliphatic heterocycles. The predicted octanol–water partition coefficient (Wildman–Crippen LogP) is 4.03. The van der Waals surface area contributed by atoms with Gasteiger partial charge < -0.3 is 18.8 Å². The Balaban J connectivity index is 2.29. The molecule has 9 heteroatoms. The first kappa shape index (κ1) is 19.3. The Hall–Kier alpha value is -2.00. The third-order valence-corrected chi connectivity index (χ3v) is 3.66. The Morgan fingerprint density at radius 3 is 2.72 bits per heavy atom. The number of rotatable bonds is 10. The number of halogens is 2. The standard InChI is InChI=1S/C16H21F2N3O3S/c1-3-22-9-5-8-21-14(19-20-16(21)25)11-6-7-12(24-15(17)18)13(10-11)23-4-2/h6-7,10,15H,3-5,8-9H2,1-2H3,(H,20,25). The lowest BCUT2D eigenvalue weighted by molar-refractivity contribution is -0.0514. The molecule has 25 heavy (non-hydrogen) atoms. The van der Waals surface area contributed by atoms with Gasteiger partial charge in [-0.15, -0.1) is 0 Å². The maximum Gasteiger partial charge on any atom is 0.387 e. The van der Waals surface area contributed by atoms with Crippen molar-refractivity contribution in [3.8, 4) is 22.9 Å². The molecule has 0 unspecified atom stereocenters. The largest absolute Gasteiger partial charge is 0.490 e. The van der Waals surface area contributed by atoms with Crippen LogP contribution < -0.4 is 9.47 Å². The minimum Gasteiger partial charge on any atom is -0.490 e. The van der Waals surface area contributed by atoms with E-state index in [2.05, 4.69) is 14.9 Å². The molecule has 2 rings (SSSR count). The number of nitrogens with zero attached hydrogens (tertiary/aromatic N) is 2. The average Bonchev–Trinajstić information content (AvgIpc) is 2.94. The smallest absolute Gasteiger partial charge is 0.387 e. The summed E-state index contributed by atoms with van der Waals surface area (Å²) in [6, 6.07) is 4.70. The van der Waals surface area contributed by atoms with Crippen LogP contribution in [0, 0.1) is 4.77 Å². The molecule has 1 heterocycles. The molecule has 0 amide bonds. The summed E-state index contributed by atoms with van der Waals surface area (Å²) in [5.41, 5.74) is 0.689. The molecule has 0 aliphatic rings. The van der Waals surface area contributed by atoms with Crippen LogP contribution in [0.4, 0.5) is 8.78 Å². The van der Waals surface area contributed by atoms with E-state index < -0.39 is 6.61 Å². The van der Waals surface area contributed by atoms with Gasteiger partial charge in [-0.05, 0) is 50.7 Å². The van der Waals surface area contributed by atoms with E-state index >= 15 is 0 Å². The Bertz CT molecular complexity index is 734. The third-order valence-electron chi connectivity index (χ3n) is 3.35. The van der Waals surface area contributed by atoms with Crippen molar-refractivity contribution >= 4 is 12.2 Å². The summed E-state index contributed by atoms with van der Waals surface area (Å²) in [6.07, 6.45) is 0.777. The van der Waals surface area contributed by atoms with Gasteiger partial charge in [0.15, 0.2) is 22.1 Å². The minimum absolute atomic E-state index is 0.0161. The zero-order valence-corrected chi connectivity index (χ0v) is 14.9. The molecule has 1 N–H and O–H groups in total. The first-order valence-electron chi connectivity index (χ1n) is 8.01. The van der Waals surface area contributed by atoms with E-state index in [-0.39, 0.29) is 11.5 Å². The van der Waals surface area contributed by atoms with E-state index in [1.165, 1.54) is 6.07 Å². The number of aromatic nitrogens is 3. The normalized spacial score (nSPS) is 11.1. The van der Waals surface area contributed by atoms with Crippen molar-refractivity contribution in [2.45, 2.75) is 33.4 Å². The van der Waals surface area contributed by atoms with Crippen molar-refractivity contribution < 1.29 is 23.0 Å². The number of benzene rings is 1. The number of hydrogen-bond donors (Lipinski definition) is 1. The number of ether oxygens (including phenoxy) is 3. The van der Waals surface area contributed by atoms with Crippen LogP contribution in [0.15, 0.2) is 18.2 Å². The summed E-state index contributed by atoms with van der Waals surface area (Å²) < 4.78 is 42.6. The highest BCUT2D eigenvalue weighted by atomic mass is 32.1. The van der Waals surface area contributed by atoms with Gasteiger partial charge in [-0.2, -0.15) is 13.9 Å². The number of nitrogens with one attached hydrogen (secondary N) is 1. The second-order valence-corrected chi connectivity index (χ2v) is 5.41. The maximum absolute atomic E-state index is 12.5. The molecule has 0 radical (unpaired) electrons. The molecule has 1 aromatic carbocycles. The van der Waals surface area contributed by atoms with Crippen molar-refractivity contribution in [1.29, 1.82) is 0 Å². The van der Waals surface area contributed by atoms with Crippen molar-refractivity contribution in [3.05, 3.63) is 23.0 Å². The fraction of sp³-hybridized carbons (Fsp3) is 0.500. The Kier molecular flexibility index (Phi) is 7.32. The molecule has 1 aromatic heterocycles. The molecular weight excluding hydrogens is 352 g/mol. The molecule has 0 saturated heterocycles. The van der Waals surface area contributed by atoms with E-state index in [9.17, 15) is 8.78 Å². The second-order valence-electron chi connectivity index (χ2n) is 5.03. The van der Waals surface area contributed by atoms with Gasteiger partial charge in [-0.3, -0.25) is 5.10 Å². The number of H-pyrrole nitrogens is 1. The van der Waals surface area contributed by atoms with E-state index in [1.54, 1.807) is 19.1 Å². The van der Waals surface area contributed by atoms with Crippen LogP contribution in [0.5, 0.6) is 11.5 Å². The number of aromatic amines is 1. The Morgan fingerprint density at radius 1 is 1.24 bits per heavy atom. The predicted molar refractivity (Wildman–Crippen MR) is 91.8 cm³/mol. The highest BCUT2D eigenvalue weighted by Crippen LogP contribution is 2.33. The molecule has 0 saturated carbocycles. The summed E-state index contributed by atoms with van der Waals surface area (Å²) in [5, 5.41) is 6.99. The molecule has 0 aliphatic carbocycles. The molecule has 2 aromatic rings. The molecule has 6 nitrogen and oxygen atoms in total. The van der Waals surface area contributed by atoms with Crippen LogP contribution in [-0.4, -0.2) is 41.2 Å². The lowest BCUT2D eigenvalue weighted by Gasteiger charge is -2.13. The van der Waals surface area contributed by atoms with Crippen LogP contribution >= 0.6 is 12.2 Å². The molecule has 0 spiro atoms. The van der Waals surface area contributed by atoms with Crippen molar-refractivity contribution in [2.24, 2.45) is 0 Å². The number of hydrogen-bond acceptors (Lipinski definition) is 5. The zero-order valence-electron chi connectivity index (χ0n) is 14.1. The van der Waals surface area contributed by atoms with Gasteiger partial charge in [0.1, 0.15) is 0 Å². The molecule has 138 valence electrons. The maximum atomic E-state index is 12.5. The molecule has 0 atom stereocenters. The van der Waals surface area contributed by atoms with Crippen molar-refractivity contribution in [3.63, 3.8) is 0 Å². The van der Waals surface area contributed by atoms with E-state index in [4.69, 9.17) is 21.7 Å². The van der Waals surface area contributed by atoms with Gasteiger partial charge in [-0.1, -0.05) is 0 Å². The number of alkyl halides is 2. The first-order chi connectivity index (χ1) is 12.1. The summed E-state index contributed by atoms with van der Waals surface area (Å²) in [6.45, 7) is 3.02. The minimum atomic E-state index is -2.92. The summed E-state index contributed by atoms with van der Waals surface area (Å²) in [4.78, 5) is 0. The van der Waals surface area contributed by atoms with Crippen molar-refractivity contribution in [1.82, 2.24) is 14.8 Å². The monoisotopic (exact) mass is 373 g/mol. The Morgan fingerprint density at radius 2 is 2.04 bits per heavy atom. The molecule has 0 bridgehead atoms. The quantitative estimate of drug-likeness (QED) is 0.503. The van der Waals surface area contributed by atoms with E-state index in [0.29, 0.717) is 42.5 Å². The van der Waals surface area contributed by atoms with Crippen LogP contribution in [0.1, 0.15) is 20.3 Å². The van der Waals surface area contributed by atoms with Gasteiger partial charge in [0.05, 0.1) is 6.61 Å². The topological polar surface area (TPSA) is 61.3 Å². The van der Waals surface area contributed by atoms with Crippen LogP contribution in [0.25, 0.3) is 11.4 Å². The SMILES string of the molecule is CCOCCCn1c(-c2ccc(OC(F)F)c(OCC)c2)n[nH]c1=S. The van der Waals surface area contributed by atoms with Crippen LogP contribution in [-0.2, 0) is 11.3 Å². The van der Waals surface area contributed by atoms with E-state index in [1.807, 2.05) is 11.5 Å².